The number of carboxylic acid groups (broad SMARTS) is 1. The van der Waals surface area contributed by atoms with Crippen LogP contribution in [0.25, 0.3) is 0 Å². The third-order valence-corrected chi connectivity index (χ3v) is 6.64. The van der Waals surface area contributed by atoms with E-state index in [1.165, 1.54) is 0 Å². The van der Waals surface area contributed by atoms with Gasteiger partial charge in [-0.2, -0.15) is 0 Å². The maximum Gasteiger partial charge on any atom is 0.330 e. The van der Waals surface area contributed by atoms with E-state index in [0.717, 1.165) is 57.8 Å². The highest BCUT2D eigenvalue weighted by Gasteiger charge is 2.46. The minimum Gasteiger partial charge on any atom is -0.479 e. The molecule has 250 valence electrons. The van der Waals surface area contributed by atoms with Gasteiger partial charge >= 0.3 is 11.9 Å². The smallest absolute Gasteiger partial charge is 0.330 e. The molecular formula is C35H52N2O8. The van der Waals surface area contributed by atoms with Gasteiger partial charge in [0.05, 0.1) is 20.3 Å². The van der Waals surface area contributed by atoms with Crippen molar-refractivity contribution in [3.63, 3.8) is 0 Å². The van der Waals surface area contributed by atoms with Gasteiger partial charge in [-0.3, -0.25) is 9.59 Å². The molecule has 0 fully saturated rings. The van der Waals surface area contributed by atoms with Crippen molar-refractivity contribution in [2.24, 2.45) is 5.92 Å². The first-order chi connectivity index (χ1) is 21.8. The largest absolute Gasteiger partial charge is 0.479 e. The van der Waals surface area contributed by atoms with Gasteiger partial charge in [-0.05, 0) is 57.8 Å². The molecule has 2 amide bonds. The number of aliphatic hydroxyl groups excluding tert-OH is 2. The fourth-order valence-corrected chi connectivity index (χ4v) is 4.08. The highest BCUT2D eigenvalue weighted by atomic mass is 16.5. The number of nitrogens with one attached hydrogen (secondary N) is 2. The first kappa shape index (κ1) is 41.0. The topological polar surface area (TPSA) is 162 Å². The highest BCUT2D eigenvalue weighted by Crippen LogP contribution is 2.24. The van der Waals surface area contributed by atoms with Crippen LogP contribution in [0.1, 0.15) is 71.1 Å². The van der Waals surface area contributed by atoms with Crippen molar-refractivity contribution in [3.8, 4) is 0 Å². The predicted molar refractivity (Wildman–Crippen MR) is 177 cm³/mol. The summed E-state index contributed by atoms with van der Waals surface area (Å²) in [5.74, 6) is -4.59. The van der Waals surface area contributed by atoms with Gasteiger partial charge < -0.3 is 30.7 Å². The molecule has 10 heteroatoms. The Morgan fingerprint density at radius 3 is 1.69 bits per heavy atom. The molecule has 0 heterocycles. The fraction of sp³-hybridized carbons (Fsp3) is 0.486. The van der Waals surface area contributed by atoms with Crippen LogP contribution in [-0.2, 0) is 23.9 Å². The molecule has 0 radical (unpaired) electrons. The zero-order chi connectivity index (χ0) is 33.6. The van der Waals surface area contributed by atoms with Crippen molar-refractivity contribution in [2.45, 2.75) is 76.7 Å². The standard InChI is InChI=1S/C35H52N2O8/c1-3-4-5-6-7-8-9-10-11-12-13-14-15-16-17-18-19-20-21-23-31(40)36-27-22-26-35(34(43)44,30(28-38)29-39)37-32(41)24-25-33(42)45-2/h4-5,7-8,10-11,13-14,16-17,19-20,24-25,30,38-39H,3,6,9,12,15,18,21-23,26-29H2,1-2H3,(H,36,40)(H,37,41)(H,43,44). The highest BCUT2D eigenvalue weighted by molar-refractivity contribution is 5.97. The van der Waals surface area contributed by atoms with Gasteiger partial charge in [-0.15, -0.1) is 0 Å². The number of aliphatic hydroxyl groups is 2. The van der Waals surface area contributed by atoms with Crippen LogP contribution in [0.15, 0.2) is 85.1 Å². The van der Waals surface area contributed by atoms with Crippen LogP contribution in [0.3, 0.4) is 0 Å². The van der Waals surface area contributed by atoms with Gasteiger partial charge in [0.1, 0.15) is 5.54 Å². The zero-order valence-electron chi connectivity index (χ0n) is 26.7. The molecule has 5 N–H and O–H groups in total. The maximum absolute atomic E-state index is 12.3. The van der Waals surface area contributed by atoms with E-state index in [0.29, 0.717) is 6.42 Å². The first-order valence-corrected chi connectivity index (χ1v) is 15.5. The van der Waals surface area contributed by atoms with Crippen LogP contribution in [0, 0.1) is 5.92 Å². The number of carbonyl (C=O) groups excluding carboxylic acids is 3. The van der Waals surface area contributed by atoms with E-state index >= 15 is 0 Å². The van der Waals surface area contributed by atoms with Gasteiger partial charge in [0.2, 0.25) is 11.8 Å². The number of carboxylic acids is 1. The summed E-state index contributed by atoms with van der Waals surface area (Å²) in [6, 6.07) is 0. The number of esters is 1. The summed E-state index contributed by atoms with van der Waals surface area (Å²) in [6.45, 7) is 0.850. The van der Waals surface area contributed by atoms with Crippen molar-refractivity contribution in [2.75, 3.05) is 26.9 Å². The quantitative estimate of drug-likeness (QED) is 0.0423. The zero-order valence-corrected chi connectivity index (χ0v) is 26.7. The number of aliphatic carboxylic acids is 1. The van der Waals surface area contributed by atoms with Crippen LogP contribution in [0.4, 0.5) is 0 Å². The Morgan fingerprint density at radius 2 is 1.24 bits per heavy atom. The Labute approximate surface area is 268 Å². The fourth-order valence-electron chi connectivity index (χ4n) is 4.08. The second-order valence-electron chi connectivity index (χ2n) is 10.1. The van der Waals surface area contributed by atoms with E-state index in [1.807, 2.05) is 12.2 Å². The van der Waals surface area contributed by atoms with Gasteiger partial charge in [0.25, 0.3) is 0 Å². The predicted octanol–water partition coefficient (Wildman–Crippen LogP) is 4.63. The Morgan fingerprint density at radius 1 is 0.756 bits per heavy atom. The number of amides is 2. The molecule has 0 rings (SSSR count). The summed E-state index contributed by atoms with van der Waals surface area (Å²) in [7, 11) is 1.12. The normalized spacial score (nSPS) is 13.8. The lowest BCUT2D eigenvalue weighted by molar-refractivity contribution is -0.152. The molecule has 0 aromatic carbocycles. The number of rotatable bonds is 25. The molecule has 0 aliphatic heterocycles. The molecule has 0 aromatic rings. The van der Waals surface area contributed by atoms with Crippen molar-refractivity contribution >= 4 is 23.8 Å². The number of hydrogen-bond donors (Lipinski definition) is 5. The molecule has 1 unspecified atom stereocenters. The minimum atomic E-state index is -2.02. The van der Waals surface area contributed by atoms with Crippen molar-refractivity contribution < 1.29 is 39.2 Å². The van der Waals surface area contributed by atoms with E-state index in [1.54, 1.807) is 0 Å². The van der Waals surface area contributed by atoms with Crippen molar-refractivity contribution in [3.05, 3.63) is 85.1 Å². The van der Waals surface area contributed by atoms with E-state index < -0.39 is 42.5 Å². The van der Waals surface area contributed by atoms with Gasteiger partial charge in [0.15, 0.2) is 0 Å². The number of carbonyl (C=O) groups is 4. The molecular weight excluding hydrogens is 576 g/mol. The molecule has 10 nitrogen and oxygen atoms in total. The monoisotopic (exact) mass is 628 g/mol. The third-order valence-electron chi connectivity index (χ3n) is 6.64. The second kappa shape index (κ2) is 27.5. The van der Waals surface area contributed by atoms with Crippen LogP contribution >= 0.6 is 0 Å². The molecule has 0 aliphatic rings. The molecule has 0 bridgehead atoms. The average molecular weight is 629 g/mol. The van der Waals surface area contributed by atoms with Crippen LogP contribution in [0.5, 0.6) is 0 Å². The molecule has 45 heavy (non-hydrogen) atoms. The minimum absolute atomic E-state index is 0.134. The molecule has 1 atom stereocenters. The van der Waals surface area contributed by atoms with Crippen molar-refractivity contribution in [1.82, 2.24) is 10.6 Å². The van der Waals surface area contributed by atoms with Gasteiger partial charge in [0, 0.05) is 31.0 Å². The average Bonchev–Trinajstić information content (AvgIpc) is 3.03. The Hall–Kier alpha value is -4.02. The van der Waals surface area contributed by atoms with Crippen molar-refractivity contribution in [1.29, 1.82) is 0 Å². The molecule has 0 aliphatic carbocycles. The number of methoxy groups -OCH3 is 1. The number of allylic oxidation sites excluding steroid dienone is 12. The summed E-state index contributed by atoms with van der Waals surface area (Å²) in [4.78, 5) is 47.9. The summed E-state index contributed by atoms with van der Waals surface area (Å²) >= 11 is 0. The molecule has 0 spiro atoms. The van der Waals surface area contributed by atoms with E-state index in [4.69, 9.17) is 0 Å². The van der Waals surface area contributed by atoms with E-state index in [9.17, 15) is 34.5 Å². The lowest BCUT2D eigenvalue weighted by Crippen LogP contribution is -2.61. The van der Waals surface area contributed by atoms with Gasteiger partial charge in [-0.1, -0.05) is 79.8 Å². The molecule has 0 aromatic heterocycles. The van der Waals surface area contributed by atoms with Gasteiger partial charge in [-0.25, -0.2) is 9.59 Å². The van der Waals surface area contributed by atoms with E-state index in [2.05, 4.69) is 83.1 Å². The summed E-state index contributed by atoms with van der Waals surface area (Å²) in [6.07, 6.45) is 33.4. The maximum atomic E-state index is 12.3. The van der Waals surface area contributed by atoms with Crippen LogP contribution in [0.2, 0.25) is 0 Å². The SMILES string of the molecule is CCC=CCC=CCC=CCC=CCC=CCC=CCCC(=O)NCCCC(NC(=O)C=CC(=O)OC)(C(=O)O)C(CO)CO. The molecule has 0 saturated carbocycles. The summed E-state index contributed by atoms with van der Waals surface area (Å²) in [5.41, 5.74) is -2.02. The first-order valence-electron chi connectivity index (χ1n) is 15.5. The van der Waals surface area contributed by atoms with Crippen LogP contribution in [-0.4, -0.2) is 71.5 Å². The lowest BCUT2D eigenvalue weighted by atomic mass is 9.80. The Balaban J connectivity index is 4.39. The molecule has 0 saturated heterocycles. The third kappa shape index (κ3) is 20.5. The number of hydrogen-bond acceptors (Lipinski definition) is 7. The Kier molecular flexibility index (Phi) is 25.1. The van der Waals surface area contributed by atoms with Crippen LogP contribution < -0.4 is 10.6 Å². The summed E-state index contributed by atoms with van der Waals surface area (Å²) < 4.78 is 4.41. The summed E-state index contributed by atoms with van der Waals surface area (Å²) in [5, 5.41) is 34.2. The Bertz CT molecular complexity index is 1070. The lowest BCUT2D eigenvalue weighted by Gasteiger charge is -2.36. The van der Waals surface area contributed by atoms with E-state index in [-0.39, 0.29) is 31.7 Å². The number of ether oxygens (including phenoxy) is 1. The second-order valence-corrected chi connectivity index (χ2v) is 10.1.